The summed E-state index contributed by atoms with van der Waals surface area (Å²) in [4.78, 5) is 11.4. The first kappa shape index (κ1) is 13.6. The summed E-state index contributed by atoms with van der Waals surface area (Å²) in [5, 5.41) is 3.28. The lowest BCUT2D eigenvalue weighted by atomic mass is 10.2. The van der Waals surface area contributed by atoms with Crippen molar-refractivity contribution in [1.29, 1.82) is 0 Å². The number of pyridine rings is 1. The van der Waals surface area contributed by atoms with Gasteiger partial charge in [0.05, 0.1) is 10.7 Å². The lowest BCUT2D eigenvalue weighted by Gasteiger charge is -2.09. The van der Waals surface area contributed by atoms with Crippen molar-refractivity contribution in [2.75, 3.05) is 5.32 Å². The van der Waals surface area contributed by atoms with Crippen LogP contribution in [-0.2, 0) is 13.1 Å². The monoisotopic (exact) mass is 280 g/mol. The Kier molecular flexibility index (Phi) is 4.22. The molecular formula is C14H14ClFN2O. The first-order valence-corrected chi connectivity index (χ1v) is 6.36. The number of aryl methyl sites for hydroxylation is 1. The maximum absolute atomic E-state index is 13.0. The molecule has 0 aliphatic carbocycles. The smallest absolute Gasteiger partial charge is 0.250 e. The SMILES string of the molecule is CCn1cc(NCc2ccc(F)c(Cl)c2)ccc1=O. The molecule has 3 nitrogen and oxygen atoms in total. The van der Waals surface area contributed by atoms with Crippen LogP contribution in [0.3, 0.4) is 0 Å². The van der Waals surface area contributed by atoms with E-state index in [2.05, 4.69) is 5.32 Å². The zero-order valence-corrected chi connectivity index (χ0v) is 11.2. The standard InChI is InChI=1S/C14H14ClFN2O/c1-2-18-9-11(4-6-14(18)19)17-8-10-3-5-13(16)12(15)7-10/h3-7,9,17H,2,8H2,1H3. The number of hydrogen-bond donors (Lipinski definition) is 1. The molecule has 0 fully saturated rings. The van der Waals surface area contributed by atoms with Gasteiger partial charge in [0.1, 0.15) is 5.82 Å². The van der Waals surface area contributed by atoms with Gasteiger partial charge in [0, 0.05) is 25.4 Å². The van der Waals surface area contributed by atoms with Crippen molar-refractivity contribution < 1.29 is 4.39 Å². The predicted octanol–water partition coefficient (Wildman–Crippen LogP) is 3.27. The zero-order chi connectivity index (χ0) is 13.8. The number of benzene rings is 1. The topological polar surface area (TPSA) is 34.0 Å². The average molecular weight is 281 g/mol. The molecule has 0 atom stereocenters. The number of halogens is 2. The second-order valence-corrected chi connectivity index (χ2v) is 4.55. The van der Waals surface area contributed by atoms with Crippen LogP contribution in [0.2, 0.25) is 5.02 Å². The molecule has 2 aromatic rings. The van der Waals surface area contributed by atoms with Gasteiger partial charge in [-0.05, 0) is 30.7 Å². The fourth-order valence-electron chi connectivity index (χ4n) is 1.74. The highest BCUT2D eigenvalue weighted by Crippen LogP contribution is 2.17. The van der Waals surface area contributed by atoms with Crippen LogP contribution >= 0.6 is 11.6 Å². The van der Waals surface area contributed by atoms with Crippen molar-refractivity contribution in [2.45, 2.75) is 20.0 Å². The first-order chi connectivity index (χ1) is 9.10. The molecule has 19 heavy (non-hydrogen) atoms. The van der Waals surface area contributed by atoms with E-state index in [-0.39, 0.29) is 10.6 Å². The molecule has 0 saturated heterocycles. The minimum atomic E-state index is -0.426. The second kappa shape index (κ2) is 5.89. The van der Waals surface area contributed by atoms with Gasteiger partial charge in [-0.1, -0.05) is 17.7 Å². The summed E-state index contributed by atoms with van der Waals surface area (Å²) < 4.78 is 14.6. The van der Waals surface area contributed by atoms with Gasteiger partial charge >= 0.3 is 0 Å². The molecule has 0 unspecified atom stereocenters. The highest BCUT2D eigenvalue weighted by molar-refractivity contribution is 6.30. The van der Waals surface area contributed by atoms with Gasteiger partial charge in [-0.3, -0.25) is 4.79 Å². The third-order valence-corrected chi connectivity index (χ3v) is 3.09. The minimum Gasteiger partial charge on any atom is -0.380 e. The van der Waals surface area contributed by atoms with Crippen molar-refractivity contribution in [3.05, 3.63) is 63.3 Å². The van der Waals surface area contributed by atoms with Gasteiger partial charge < -0.3 is 9.88 Å². The van der Waals surface area contributed by atoms with Gasteiger partial charge in [-0.2, -0.15) is 0 Å². The van der Waals surface area contributed by atoms with Crippen LogP contribution in [0.1, 0.15) is 12.5 Å². The molecule has 0 amide bonds. The Morgan fingerprint density at radius 3 is 2.79 bits per heavy atom. The van der Waals surface area contributed by atoms with E-state index in [1.165, 1.54) is 12.1 Å². The van der Waals surface area contributed by atoms with Crippen LogP contribution in [-0.4, -0.2) is 4.57 Å². The third kappa shape index (κ3) is 3.35. The summed E-state index contributed by atoms with van der Waals surface area (Å²) in [7, 11) is 0. The predicted molar refractivity (Wildman–Crippen MR) is 75.1 cm³/mol. The second-order valence-electron chi connectivity index (χ2n) is 4.14. The molecule has 0 aliphatic heterocycles. The molecule has 0 spiro atoms. The summed E-state index contributed by atoms with van der Waals surface area (Å²) in [5.41, 5.74) is 1.68. The van der Waals surface area contributed by atoms with E-state index in [4.69, 9.17) is 11.6 Å². The Bertz CT molecular complexity index is 640. The number of aromatic nitrogens is 1. The molecule has 1 aromatic carbocycles. The quantitative estimate of drug-likeness (QED) is 0.933. The highest BCUT2D eigenvalue weighted by atomic mass is 35.5. The molecule has 0 radical (unpaired) electrons. The Morgan fingerprint density at radius 2 is 2.11 bits per heavy atom. The molecule has 0 bridgehead atoms. The summed E-state index contributed by atoms with van der Waals surface area (Å²) in [6.45, 7) is 3.05. The van der Waals surface area contributed by atoms with Gasteiger partial charge in [0.25, 0.3) is 5.56 Å². The molecule has 0 aliphatic rings. The van der Waals surface area contributed by atoms with E-state index in [1.807, 2.05) is 6.92 Å². The molecule has 0 saturated carbocycles. The van der Waals surface area contributed by atoms with Gasteiger partial charge in [0.15, 0.2) is 0 Å². The van der Waals surface area contributed by atoms with E-state index < -0.39 is 5.82 Å². The molecule has 1 heterocycles. The molecule has 100 valence electrons. The molecule has 1 N–H and O–H groups in total. The van der Waals surface area contributed by atoms with Gasteiger partial charge in [-0.15, -0.1) is 0 Å². The Morgan fingerprint density at radius 1 is 1.32 bits per heavy atom. The van der Waals surface area contributed by atoms with Crippen molar-refractivity contribution in [3.8, 4) is 0 Å². The van der Waals surface area contributed by atoms with E-state index >= 15 is 0 Å². The number of rotatable bonds is 4. The van der Waals surface area contributed by atoms with Crippen molar-refractivity contribution in [3.63, 3.8) is 0 Å². The van der Waals surface area contributed by atoms with Crippen molar-refractivity contribution >= 4 is 17.3 Å². The van der Waals surface area contributed by atoms with Crippen LogP contribution in [0.15, 0.2) is 41.3 Å². The van der Waals surface area contributed by atoms with Crippen LogP contribution in [0, 0.1) is 5.82 Å². The number of hydrogen-bond acceptors (Lipinski definition) is 2. The van der Waals surface area contributed by atoms with E-state index in [0.29, 0.717) is 13.1 Å². The third-order valence-electron chi connectivity index (χ3n) is 2.80. The molecule has 2 rings (SSSR count). The lowest BCUT2D eigenvalue weighted by molar-refractivity contribution is 0.627. The Balaban J connectivity index is 2.10. The van der Waals surface area contributed by atoms with Crippen LogP contribution in [0.4, 0.5) is 10.1 Å². The van der Waals surface area contributed by atoms with Crippen LogP contribution < -0.4 is 10.9 Å². The fourth-order valence-corrected chi connectivity index (χ4v) is 1.94. The van der Waals surface area contributed by atoms with E-state index in [9.17, 15) is 9.18 Å². The summed E-state index contributed by atoms with van der Waals surface area (Å²) >= 11 is 5.72. The maximum Gasteiger partial charge on any atom is 0.250 e. The molecule has 1 aromatic heterocycles. The number of nitrogens with one attached hydrogen (secondary N) is 1. The van der Waals surface area contributed by atoms with Crippen molar-refractivity contribution in [2.24, 2.45) is 0 Å². The van der Waals surface area contributed by atoms with Crippen LogP contribution in [0.5, 0.6) is 0 Å². The highest BCUT2D eigenvalue weighted by Gasteiger charge is 2.01. The summed E-state index contributed by atoms with van der Waals surface area (Å²) in [5.74, 6) is -0.426. The maximum atomic E-state index is 13.0. The van der Waals surface area contributed by atoms with E-state index in [0.717, 1.165) is 11.3 Å². The normalized spacial score (nSPS) is 10.5. The Labute approximate surface area is 115 Å². The Hall–Kier alpha value is -1.81. The van der Waals surface area contributed by atoms with Gasteiger partial charge in [0.2, 0.25) is 0 Å². The molecule has 5 heteroatoms. The number of nitrogens with zero attached hydrogens (tertiary/aromatic N) is 1. The summed E-state index contributed by atoms with van der Waals surface area (Å²) in [6.07, 6.45) is 1.76. The zero-order valence-electron chi connectivity index (χ0n) is 10.5. The number of anilines is 1. The van der Waals surface area contributed by atoms with Crippen LogP contribution in [0.25, 0.3) is 0 Å². The largest absolute Gasteiger partial charge is 0.380 e. The fraction of sp³-hybridized carbons (Fsp3) is 0.214. The summed E-state index contributed by atoms with van der Waals surface area (Å²) in [6, 6.07) is 7.83. The van der Waals surface area contributed by atoms with E-state index in [1.54, 1.807) is 29.0 Å². The molecular weight excluding hydrogens is 267 g/mol. The lowest BCUT2D eigenvalue weighted by Crippen LogP contribution is -2.17. The first-order valence-electron chi connectivity index (χ1n) is 5.98. The minimum absolute atomic E-state index is 0.0297. The van der Waals surface area contributed by atoms with Gasteiger partial charge in [-0.25, -0.2) is 4.39 Å². The van der Waals surface area contributed by atoms with Crippen molar-refractivity contribution in [1.82, 2.24) is 4.57 Å². The average Bonchev–Trinajstić information content (AvgIpc) is 2.41.